The largest absolute Gasteiger partial charge is 0.497 e. The molecule has 2 aliphatic heterocycles. The van der Waals surface area contributed by atoms with Crippen molar-refractivity contribution in [2.45, 2.75) is 30.7 Å². The highest BCUT2D eigenvalue weighted by Crippen LogP contribution is 2.33. The Hall–Kier alpha value is -2.78. The van der Waals surface area contributed by atoms with Crippen molar-refractivity contribution in [2.75, 3.05) is 33.4 Å². The van der Waals surface area contributed by atoms with Gasteiger partial charge in [0.25, 0.3) is 0 Å². The molecule has 0 aromatic heterocycles. The maximum absolute atomic E-state index is 13.1. The average Bonchev–Trinajstić information content (AvgIpc) is 2.83. The molecule has 0 spiro atoms. The summed E-state index contributed by atoms with van der Waals surface area (Å²) in [4.78, 5) is 13.2. The quantitative estimate of drug-likeness (QED) is 0.713. The first-order chi connectivity index (χ1) is 15.4. The smallest absolute Gasteiger partial charge is 0.243 e. The minimum Gasteiger partial charge on any atom is -0.497 e. The van der Waals surface area contributed by atoms with E-state index in [1.54, 1.807) is 12.1 Å². The molecule has 0 aliphatic carbocycles. The van der Waals surface area contributed by atoms with Crippen LogP contribution in [0.15, 0.2) is 47.4 Å². The van der Waals surface area contributed by atoms with Gasteiger partial charge in [0.1, 0.15) is 19.0 Å². The van der Waals surface area contributed by atoms with Crippen LogP contribution in [-0.4, -0.2) is 52.0 Å². The molecule has 1 saturated heterocycles. The zero-order chi connectivity index (χ0) is 22.7. The molecule has 4 rings (SSSR count). The Morgan fingerprint density at radius 1 is 1.12 bits per heavy atom. The predicted octanol–water partition coefficient (Wildman–Crippen LogP) is 2.74. The van der Waals surface area contributed by atoms with E-state index < -0.39 is 15.9 Å². The molecule has 1 amide bonds. The first kappa shape index (κ1) is 22.4. The van der Waals surface area contributed by atoms with E-state index in [9.17, 15) is 13.2 Å². The maximum atomic E-state index is 13.1. The molecule has 1 N–H and O–H groups in total. The van der Waals surface area contributed by atoms with Crippen molar-refractivity contribution < 1.29 is 27.4 Å². The zero-order valence-electron chi connectivity index (χ0n) is 18.2. The lowest BCUT2D eigenvalue weighted by Crippen LogP contribution is -2.45. The van der Waals surface area contributed by atoms with Crippen LogP contribution in [0.2, 0.25) is 0 Å². The SMILES string of the molecule is COc1ccc(S(=O)(=O)N2CCC[C@@H](C(=O)N[C@H](C)c3ccc4c(c3)OCCO4)C2)cc1. The molecule has 2 aliphatic rings. The fourth-order valence-corrected chi connectivity index (χ4v) is 5.54. The maximum Gasteiger partial charge on any atom is 0.243 e. The summed E-state index contributed by atoms with van der Waals surface area (Å²) in [6.07, 6.45) is 1.28. The number of hydrogen-bond acceptors (Lipinski definition) is 6. The fraction of sp³-hybridized carbons (Fsp3) is 0.435. The molecule has 2 atom stereocenters. The number of nitrogens with zero attached hydrogens (tertiary/aromatic N) is 1. The van der Waals surface area contributed by atoms with E-state index in [2.05, 4.69) is 5.32 Å². The molecule has 32 heavy (non-hydrogen) atoms. The van der Waals surface area contributed by atoms with Crippen LogP contribution >= 0.6 is 0 Å². The Morgan fingerprint density at radius 3 is 2.56 bits per heavy atom. The van der Waals surface area contributed by atoms with Crippen LogP contribution in [-0.2, 0) is 14.8 Å². The average molecular weight is 461 g/mol. The second kappa shape index (κ2) is 9.38. The van der Waals surface area contributed by atoms with Gasteiger partial charge in [-0.15, -0.1) is 0 Å². The molecule has 0 bridgehead atoms. The highest BCUT2D eigenvalue weighted by Gasteiger charge is 2.33. The number of fused-ring (bicyclic) bond motifs is 1. The number of methoxy groups -OCH3 is 1. The summed E-state index contributed by atoms with van der Waals surface area (Å²) in [5.74, 6) is 1.40. The van der Waals surface area contributed by atoms with Gasteiger partial charge in [0.2, 0.25) is 15.9 Å². The Kier molecular flexibility index (Phi) is 6.57. The van der Waals surface area contributed by atoms with Crippen LogP contribution in [0.1, 0.15) is 31.4 Å². The first-order valence-corrected chi connectivity index (χ1v) is 12.2. The number of carbonyl (C=O) groups is 1. The van der Waals surface area contributed by atoms with Gasteiger partial charge in [-0.25, -0.2) is 8.42 Å². The van der Waals surface area contributed by atoms with Crippen molar-refractivity contribution in [3.63, 3.8) is 0 Å². The molecule has 8 nitrogen and oxygen atoms in total. The highest BCUT2D eigenvalue weighted by atomic mass is 32.2. The lowest BCUT2D eigenvalue weighted by atomic mass is 9.97. The molecule has 172 valence electrons. The van der Waals surface area contributed by atoms with Crippen LogP contribution in [0.5, 0.6) is 17.2 Å². The summed E-state index contributed by atoms with van der Waals surface area (Å²) in [6, 6.07) is 11.7. The molecule has 0 radical (unpaired) electrons. The van der Waals surface area contributed by atoms with Gasteiger partial charge >= 0.3 is 0 Å². The first-order valence-electron chi connectivity index (χ1n) is 10.7. The van der Waals surface area contributed by atoms with Gasteiger partial charge < -0.3 is 19.5 Å². The second-order valence-corrected chi connectivity index (χ2v) is 9.95. The van der Waals surface area contributed by atoms with E-state index in [0.717, 1.165) is 5.56 Å². The highest BCUT2D eigenvalue weighted by molar-refractivity contribution is 7.89. The van der Waals surface area contributed by atoms with Gasteiger partial charge in [0, 0.05) is 13.1 Å². The summed E-state index contributed by atoms with van der Waals surface area (Å²) >= 11 is 0. The molecule has 0 saturated carbocycles. The number of hydrogen-bond donors (Lipinski definition) is 1. The normalized spacial score (nSPS) is 19.8. The number of benzene rings is 2. The van der Waals surface area contributed by atoms with Gasteiger partial charge in [0.15, 0.2) is 11.5 Å². The number of carbonyl (C=O) groups excluding carboxylic acids is 1. The molecule has 9 heteroatoms. The topological polar surface area (TPSA) is 94.2 Å². The van der Waals surface area contributed by atoms with Crippen molar-refractivity contribution in [2.24, 2.45) is 5.92 Å². The van der Waals surface area contributed by atoms with Crippen molar-refractivity contribution >= 4 is 15.9 Å². The monoisotopic (exact) mass is 460 g/mol. The van der Waals surface area contributed by atoms with Gasteiger partial charge in [-0.3, -0.25) is 4.79 Å². The predicted molar refractivity (Wildman–Crippen MR) is 118 cm³/mol. The van der Waals surface area contributed by atoms with E-state index in [0.29, 0.717) is 49.8 Å². The van der Waals surface area contributed by atoms with E-state index >= 15 is 0 Å². The Labute approximate surface area is 188 Å². The molecule has 0 unspecified atom stereocenters. The number of amides is 1. The van der Waals surface area contributed by atoms with E-state index in [1.807, 2.05) is 25.1 Å². The fourth-order valence-electron chi connectivity index (χ4n) is 4.02. The van der Waals surface area contributed by atoms with Crippen molar-refractivity contribution in [3.05, 3.63) is 48.0 Å². The number of sulfonamides is 1. The van der Waals surface area contributed by atoms with Crippen LogP contribution in [0.4, 0.5) is 0 Å². The third kappa shape index (κ3) is 4.68. The number of ether oxygens (including phenoxy) is 3. The van der Waals surface area contributed by atoms with Crippen LogP contribution < -0.4 is 19.5 Å². The third-order valence-electron chi connectivity index (χ3n) is 5.88. The molecular weight excluding hydrogens is 432 g/mol. The third-order valence-corrected chi connectivity index (χ3v) is 7.76. The summed E-state index contributed by atoms with van der Waals surface area (Å²) < 4.78 is 43.8. The van der Waals surface area contributed by atoms with E-state index in [-0.39, 0.29) is 23.4 Å². The summed E-state index contributed by atoms with van der Waals surface area (Å²) in [7, 11) is -2.15. The summed E-state index contributed by atoms with van der Waals surface area (Å²) in [5.41, 5.74) is 0.904. The molecule has 2 aromatic carbocycles. The van der Waals surface area contributed by atoms with Gasteiger partial charge in [-0.1, -0.05) is 6.07 Å². The minimum atomic E-state index is -3.68. The van der Waals surface area contributed by atoms with Gasteiger partial charge in [0.05, 0.1) is 24.0 Å². The number of piperidine rings is 1. The lowest BCUT2D eigenvalue weighted by molar-refractivity contribution is -0.126. The molecule has 2 heterocycles. The Balaban J connectivity index is 1.41. The Morgan fingerprint density at radius 2 is 1.84 bits per heavy atom. The van der Waals surface area contributed by atoms with Crippen molar-refractivity contribution in [1.29, 1.82) is 0 Å². The number of nitrogens with one attached hydrogen (secondary N) is 1. The second-order valence-electron chi connectivity index (χ2n) is 8.01. The van der Waals surface area contributed by atoms with Crippen molar-refractivity contribution in [1.82, 2.24) is 9.62 Å². The zero-order valence-corrected chi connectivity index (χ0v) is 19.1. The van der Waals surface area contributed by atoms with E-state index in [4.69, 9.17) is 14.2 Å². The van der Waals surface area contributed by atoms with Crippen LogP contribution in [0.3, 0.4) is 0 Å². The standard InChI is InChI=1S/C23H28N2O6S/c1-16(17-5-10-21-22(14-17)31-13-12-30-21)24-23(26)18-4-3-11-25(15-18)32(27,28)20-8-6-19(29-2)7-9-20/h5-10,14,16,18H,3-4,11-13,15H2,1-2H3,(H,24,26)/t16-,18-/m1/s1. The summed E-state index contributed by atoms with van der Waals surface area (Å²) in [5, 5.41) is 3.03. The molecular formula is C23H28N2O6S. The lowest BCUT2D eigenvalue weighted by Gasteiger charge is -2.32. The van der Waals surface area contributed by atoms with Crippen molar-refractivity contribution in [3.8, 4) is 17.2 Å². The molecule has 1 fully saturated rings. The van der Waals surface area contributed by atoms with Crippen LogP contribution in [0, 0.1) is 5.92 Å². The van der Waals surface area contributed by atoms with E-state index in [1.165, 1.54) is 23.5 Å². The van der Waals surface area contributed by atoms with Gasteiger partial charge in [-0.2, -0.15) is 4.31 Å². The minimum absolute atomic E-state index is 0.151. The summed E-state index contributed by atoms with van der Waals surface area (Å²) in [6.45, 7) is 3.48. The number of rotatable bonds is 6. The molecule has 2 aromatic rings. The van der Waals surface area contributed by atoms with Gasteiger partial charge in [-0.05, 0) is 61.7 Å². The Bertz CT molecular complexity index is 1070. The van der Waals surface area contributed by atoms with Crippen LogP contribution in [0.25, 0.3) is 0 Å².